The molecule has 22 heavy (non-hydrogen) atoms. The van der Waals surface area contributed by atoms with Crippen molar-refractivity contribution in [3.8, 4) is 0 Å². The van der Waals surface area contributed by atoms with Crippen LogP contribution in [0.4, 0.5) is 0 Å². The fourth-order valence-corrected chi connectivity index (χ4v) is 4.03. The number of likely N-dealkylation sites (tertiary alicyclic amines) is 1. The lowest BCUT2D eigenvalue weighted by Crippen LogP contribution is -2.25. The van der Waals surface area contributed by atoms with Crippen molar-refractivity contribution in [2.45, 2.75) is 25.4 Å². The number of hydrogen-bond donors (Lipinski definition) is 1. The summed E-state index contributed by atoms with van der Waals surface area (Å²) in [6.45, 7) is 1.82. The number of nitrogens with one attached hydrogen (secondary N) is 1. The first kappa shape index (κ1) is 13.6. The monoisotopic (exact) mass is 312 g/mol. The molecule has 0 saturated carbocycles. The molecule has 1 fully saturated rings. The minimum Gasteiger partial charge on any atom is -0.309 e. The molecular formula is C16H16N4OS. The maximum Gasteiger partial charge on any atom is 0.250 e. The van der Waals surface area contributed by atoms with Crippen LogP contribution in [0.3, 0.4) is 0 Å². The molecule has 0 spiro atoms. The highest BCUT2D eigenvalue weighted by Crippen LogP contribution is 2.32. The number of H-pyrrole nitrogens is 1. The van der Waals surface area contributed by atoms with E-state index in [1.165, 1.54) is 10.8 Å². The zero-order valence-electron chi connectivity index (χ0n) is 12.0. The molecule has 0 bridgehead atoms. The third-order valence-electron chi connectivity index (χ3n) is 4.05. The van der Waals surface area contributed by atoms with Gasteiger partial charge in [-0.3, -0.25) is 9.69 Å². The Hall–Kier alpha value is -2.05. The molecular weight excluding hydrogens is 296 g/mol. The Labute approximate surface area is 131 Å². The predicted octanol–water partition coefficient (Wildman–Crippen LogP) is 2.72. The Bertz CT molecular complexity index is 823. The van der Waals surface area contributed by atoms with Crippen LogP contribution >= 0.6 is 11.3 Å². The minimum absolute atomic E-state index is 0.0863. The lowest BCUT2D eigenvalue weighted by atomic mass is 10.2. The van der Waals surface area contributed by atoms with Gasteiger partial charge in [0.05, 0.1) is 22.8 Å². The summed E-state index contributed by atoms with van der Waals surface area (Å²) in [6, 6.07) is 9.85. The average Bonchev–Trinajstić information content (AvgIpc) is 3.13. The van der Waals surface area contributed by atoms with Crippen molar-refractivity contribution < 1.29 is 0 Å². The van der Waals surface area contributed by atoms with Gasteiger partial charge in [0.15, 0.2) is 0 Å². The summed E-state index contributed by atoms with van der Waals surface area (Å²) in [5, 5.41) is 1.12. The number of thiazole rings is 1. The van der Waals surface area contributed by atoms with Gasteiger partial charge in [-0.15, -0.1) is 11.3 Å². The van der Waals surface area contributed by atoms with Gasteiger partial charge in [0.1, 0.15) is 10.8 Å². The summed E-state index contributed by atoms with van der Waals surface area (Å²) in [7, 11) is 0. The van der Waals surface area contributed by atoms with E-state index in [0.717, 1.165) is 42.3 Å². The van der Waals surface area contributed by atoms with Crippen LogP contribution in [-0.4, -0.2) is 26.4 Å². The second-order valence-corrected chi connectivity index (χ2v) is 6.64. The van der Waals surface area contributed by atoms with Gasteiger partial charge in [0, 0.05) is 12.3 Å². The third-order valence-corrected chi connectivity index (χ3v) is 5.07. The van der Waals surface area contributed by atoms with E-state index in [9.17, 15) is 4.79 Å². The molecule has 3 heterocycles. The van der Waals surface area contributed by atoms with Gasteiger partial charge in [-0.25, -0.2) is 9.97 Å². The smallest absolute Gasteiger partial charge is 0.250 e. The fraction of sp³-hybridized carbons (Fsp3) is 0.312. The van der Waals surface area contributed by atoms with Gasteiger partial charge in [-0.1, -0.05) is 12.1 Å². The molecule has 1 saturated heterocycles. The van der Waals surface area contributed by atoms with E-state index in [0.29, 0.717) is 0 Å². The minimum atomic E-state index is -0.0863. The number of rotatable bonds is 3. The van der Waals surface area contributed by atoms with Gasteiger partial charge < -0.3 is 4.98 Å². The highest BCUT2D eigenvalue weighted by Gasteiger charge is 2.28. The number of benzene rings is 1. The Morgan fingerprint density at radius 3 is 3.09 bits per heavy atom. The molecule has 1 unspecified atom stereocenters. The van der Waals surface area contributed by atoms with Crippen molar-refractivity contribution >= 4 is 21.6 Å². The molecule has 1 aromatic carbocycles. The molecule has 0 aliphatic carbocycles. The van der Waals surface area contributed by atoms with Crippen molar-refractivity contribution in [1.29, 1.82) is 0 Å². The number of nitrogens with zero attached hydrogens (tertiary/aromatic N) is 3. The van der Waals surface area contributed by atoms with Crippen molar-refractivity contribution in [2.75, 3.05) is 6.54 Å². The van der Waals surface area contributed by atoms with Gasteiger partial charge in [-0.05, 0) is 31.5 Å². The van der Waals surface area contributed by atoms with Crippen LogP contribution in [-0.2, 0) is 6.54 Å². The Morgan fingerprint density at radius 2 is 2.23 bits per heavy atom. The van der Waals surface area contributed by atoms with Crippen molar-refractivity contribution in [3.05, 3.63) is 57.7 Å². The molecule has 1 atom stereocenters. The summed E-state index contributed by atoms with van der Waals surface area (Å²) in [6.07, 6.45) is 3.73. The number of fused-ring (bicyclic) bond motifs is 1. The lowest BCUT2D eigenvalue weighted by molar-refractivity contribution is 0.239. The molecule has 1 aliphatic heterocycles. The maximum atomic E-state index is 11.5. The second kappa shape index (κ2) is 5.62. The van der Waals surface area contributed by atoms with Gasteiger partial charge in [-0.2, -0.15) is 0 Å². The first-order valence-corrected chi connectivity index (χ1v) is 8.25. The summed E-state index contributed by atoms with van der Waals surface area (Å²) >= 11 is 1.74. The van der Waals surface area contributed by atoms with E-state index < -0.39 is 0 Å². The van der Waals surface area contributed by atoms with E-state index in [4.69, 9.17) is 4.98 Å². The molecule has 4 rings (SSSR count). The molecule has 1 aliphatic rings. The van der Waals surface area contributed by atoms with E-state index in [-0.39, 0.29) is 11.6 Å². The number of aromatic nitrogens is 3. The average molecular weight is 312 g/mol. The van der Waals surface area contributed by atoms with Gasteiger partial charge in [0.25, 0.3) is 5.56 Å². The lowest BCUT2D eigenvalue weighted by Gasteiger charge is -2.22. The van der Waals surface area contributed by atoms with E-state index >= 15 is 0 Å². The maximum absolute atomic E-state index is 11.5. The third kappa shape index (κ3) is 2.55. The first-order valence-electron chi connectivity index (χ1n) is 7.43. The molecule has 112 valence electrons. The topological polar surface area (TPSA) is 61.9 Å². The summed E-state index contributed by atoms with van der Waals surface area (Å²) in [5.74, 6) is 0.770. The quantitative estimate of drug-likeness (QED) is 0.808. The Balaban J connectivity index is 1.60. The molecule has 2 aromatic heterocycles. The van der Waals surface area contributed by atoms with Crippen LogP contribution < -0.4 is 5.56 Å². The number of hydrogen-bond acceptors (Lipinski definition) is 5. The molecule has 1 N–H and O–H groups in total. The fourth-order valence-electron chi connectivity index (χ4n) is 3.04. The summed E-state index contributed by atoms with van der Waals surface area (Å²) in [5.41, 5.74) is 0.973. The van der Waals surface area contributed by atoms with Crippen LogP contribution in [0.25, 0.3) is 10.2 Å². The molecule has 0 amide bonds. The Kier molecular flexibility index (Phi) is 3.48. The Morgan fingerprint density at radius 1 is 1.32 bits per heavy atom. The van der Waals surface area contributed by atoms with Crippen molar-refractivity contribution in [2.24, 2.45) is 0 Å². The van der Waals surface area contributed by atoms with Gasteiger partial charge in [0.2, 0.25) is 0 Å². The molecule has 5 nitrogen and oxygen atoms in total. The van der Waals surface area contributed by atoms with Crippen LogP contribution in [0.15, 0.2) is 41.3 Å². The predicted molar refractivity (Wildman–Crippen MR) is 86.9 cm³/mol. The summed E-state index contributed by atoms with van der Waals surface area (Å²) < 4.78 is 1.22. The largest absolute Gasteiger partial charge is 0.309 e. The molecule has 3 aromatic rings. The zero-order chi connectivity index (χ0) is 14.9. The molecule has 0 radical (unpaired) electrons. The number of para-hydroxylation sites is 1. The number of aromatic amines is 1. The van der Waals surface area contributed by atoms with Gasteiger partial charge >= 0.3 is 0 Å². The van der Waals surface area contributed by atoms with Crippen LogP contribution in [0.5, 0.6) is 0 Å². The SMILES string of the molecule is O=c1ccnc(C2CCCN2Cc2nc3ccccc3s2)[nH]1. The highest BCUT2D eigenvalue weighted by molar-refractivity contribution is 7.18. The second-order valence-electron chi connectivity index (χ2n) is 5.52. The highest BCUT2D eigenvalue weighted by atomic mass is 32.1. The van der Waals surface area contributed by atoms with E-state index in [1.807, 2.05) is 18.2 Å². The van der Waals surface area contributed by atoms with Crippen LogP contribution in [0, 0.1) is 0 Å². The van der Waals surface area contributed by atoms with Crippen LogP contribution in [0.1, 0.15) is 29.7 Å². The zero-order valence-corrected chi connectivity index (χ0v) is 12.8. The van der Waals surface area contributed by atoms with E-state index in [2.05, 4.69) is 20.9 Å². The standard InChI is InChI=1S/C16H16N4OS/c21-14-7-8-17-16(19-14)12-5-3-9-20(12)10-15-18-11-4-1-2-6-13(11)22-15/h1-2,4,6-8,12H,3,5,9-10H2,(H,17,19,21). The first-order chi connectivity index (χ1) is 10.8. The normalized spacial score (nSPS) is 19.0. The summed E-state index contributed by atoms with van der Waals surface area (Å²) in [4.78, 5) is 25.8. The van der Waals surface area contributed by atoms with Crippen molar-refractivity contribution in [3.63, 3.8) is 0 Å². The van der Waals surface area contributed by atoms with E-state index in [1.54, 1.807) is 17.5 Å². The van der Waals surface area contributed by atoms with Crippen molar-refractivity contribution in [1.82, 2.24) is 19.9 Å². The molecule has 6 heteroatoms. The van der Waals surface area contributed by atoms with Crippen LogP contribution in [0.2, 0.25) is 0 Å².